The summed E-state index contributed by atoms with van der Waals surface area (Å²) in [5, 5.41) is 13.9. The number of aliphatic hydroxyl groups is 1. The number of methoxy groups -OCH3 is 1. The van der Waals surface area contributed by atoms with Gasteiger partial charge in [0.05, 0.1) is 13.2 Å². The number of halogens is 1. The fraction of sp³-hybridized carbons (Fsp3) is 0.500. The number of hydrogen-bond donors (Lipinski definition) is 3. The van der Waals surface area contributed by atoms with Gasteiger partial charge in [0.2, 0.25) is 0 Å². The minimum atomic E-state index is -0.697. The smallest absolute Gasteiger partial charge is 0.124 e. The van der Waals surface area contributed by atoms with Crippen molar-refractivity contribution in [1.82, 2.24) is 5.32 Å². The van der Waals surface area contributed by atoms with Gasteiger partial charge in [-0.15, -0.1) is 0 Å². The first kappa shape index (κ1) is 14.3. The van der Waals surface area contributed by atoms with E-state index in [1.807, 2.05) is 0 Å². The lowest BCUT2D eigenvalue weighted by Gasteiger charge is -2.23. The first-order valence-electron chi connectivity index (χ1n) is 5.52. The van der Waals surface area contributed by atoms with Crippen LogP contribution in [0, 0.1) is 0 Å². The zero-order valence-electron chi connectivity index (χ0n) is 10.1. The van der Waals surface area contributed by atoms with E-state index < -0.39 is 6.10 Å². The van der Waals surface area contributed by atoms with Gasteiger partial charge < -0.3 is 20.9 Å². The Kier molecular flexibility index (Phi) is 5.71. The molecule has 5 heteroatoms. The molecule has 0 aliphatic heterocycles. The summed E-state index contributed by atoms with van der Waals surface area (Å²) in [4.78, 5) is 0. The van der Waals surface area contributed by atoms with Crippen molar-refractivity contribution in [2.45, 2.75) is 18.6 Å². The Bertz CT molecular complexity index is 360. The largest absolute Gasteiger partial charge is 0.496 e. The van der Waals surface area contributed by atoms with Crippen LogP contribution in [0.4, 0.5) is 0 Å². The van der Waals surface area contributed by atoms with Gasteiger partial charge in [-0.2, -0.15) is 0 Å². The van der Waals surface area contributed by atoms with Crippen molar-refractivity contribution in [3.8, 4) is 5.75 Å². The molecule has 0 radical (unpaired) electrons. The van der Waals surface area contributed by atoms with E-state index in [0.717, 1.165) is 0 Å². The molecule has 4 nitrogen and oxygen atoms in total. The fourth-order valence-electron chi connectivity index (χ4n) is 1.79. The minimum absolute atomic E-state index is 0.118. The molecule has 1 aromatic carbocycles. The predicted molar refractivity (Wildman–Crippen MR) is 69.5 cm³/mol. The Balaban J connectivity index is 2.99. The number of rotatable bonds is 6. The van der Waals surface area contributed by atoms with Crippen LogP contribution < -0.4 is 15.8 Å². The standard InChI is InChI=1S/C12H19ClN2O2/c1-15-10(5-6-14)12(16)9-7-8(13)3-4-11(9)17-2/h3-4,7,10,12,15-16H,5-6,14H2,1-2H3. The van der Waals surface area contributed by atoms with Gasteiger partial charge in [0.25, 0.3) is 0 Å². The molecule has 0 bridgehead atoms. The molecular weight excluding hydrogens is 240 g/mol. The maximum atomic E-state index is 10.3. The molecular formula is C12H19ClN2O2. The van der Waals surface area contributed by atoms with Gasteiger partial charge in [-0.1, -0.05) is 11.6 Å². The summed E-state index contributed by atoms with van der Waals surface area (Å²) in [6.07, 6.45) is -0.0231. The van der Waals surface area contributed by atoms with Crippen molar-refractivity contribution >= 4 is 11.6 Å². The topological polar surface area (TPSA) is 67.5 Å². The van der Waals surface area contributed by atoms with E-state index in [9.17, 15) is 5.11 Å². The highest BCUT2D eigenvalue weighted by atomic mass is 35.5. The molecule has 0 fully saturated rings. The molecule has 0 saturated carbocycles. The number of hydrogen-bond acceptors (Lipinski definition) is 4. The second kappa shape index (κ2) is 6.81. The monoisotopic (exact) mass is 258 g/mol. The Labute approximate surface area is 107 Å². The van der Waals surface area contributed by atoms with Gasteiger partial charge in [-0.05, 0) is 38.2 Å². The van der Waals surface area contributed by atoms with Crippen LogP contribution in [0.5, 0.6) is 5.75 Å². The van der Waals surface area contributed by atoms with E-state index in [4.69, 9.17) is 22.1 Å². The summed E-state index contributed by atoms with van der Waals surface area (Å²) in [5.74, 6) is 0.624. The molecule has 1 rings (SSSR count). The van der Waals surface area contributed by atoms with E-state index in [2.05, 4.69) is 5.32 Å². The summed E-state index contributed by atoms with van der Waals surface area (Å²) in [6, 6.07) is 5.07. The third kappa shape index (κ3) is 3.57. The van der Waals surface area contributed by atoms with Crippen LogP contribution in [-0.2, 0) is 0 Å². The Morgan fingerprint density at radius 3 is 2.76 bits per heavy atom. The average molecular weight is 259 g/mol. The third-order valence-electron chi connectivity index (χ3n) is 2.74. The van der Waals surface area contributed by atoms with Crippen molar-refractivity contribution in [2.75, 3.05) is 20.7 Å². The number of nitrogens with two attached hydrogens (primary N) is 1. The SMILES string of the molecule is CNC(CCN)C(O)c1cc(Cl)ccc1OC. The molecule has 0 aliphatic rings. The van der Waals surface area contributed by atoms with Gasteiger partial charge in [0, 0.05) is 16.6 Å². The second-order valence-electron chi connectivity index (χ2n) is 3.80. The van der Waals surface area contributed by atoms with Crippen molar-refractivity contribution in [1.29, 1.82) is 0 Å². The van der Waals surface area contributed by atoms with Gasteiger partial charge >= 0.3 is 0 Å². The maximum absolute atomic E-state index is 10.3. The number of aliphatic hydroxyl groups excluding tert-OH is 1. The molecule has 0 amide bonds. The summed E-state index contributed by atoms with van der Waals surface area (Å²) in [5.41, 5.74) is 6.19. The molecule has 0 heterocycles. The van der Waals surface area contributed by atoms with Crippen molar-refractivity contribution < 1.29 is 9.84 Å². The maximum Gasteiger partial charge on any atom is 0.124 e. The Morgan fingerprint density at radius 1 is 1.53 bits per heavy atom. The molecule has 1 aromatic rings. The predicted octanol–water partition coefficient (Wildman–Crippen LogP) is 1.32. The quantitative estimate of drug-likeness (QED) is 0.720. The molecule has 2 atom stereocenters. The van der Waals surface area contributed by atoms with Crippen LogP contribution in [0.15, 0.2) is 18.2 Å². The number of nitrogens with one attached hydrogen (secondary N) is 1. The first-order valence-corrected chi connectivity index (χ1v) is 5.90. The number of ether oxygens (including phenoxy) is 1. The fourth-order valence-corrected chi connectivity index (χ4v) is 1.97. The van der Waals surface area contributed by atoms with Crippen molar-refractivity contribution in [3.63, 3.8) is 0 Å². The summed E-state index contributed by atoms with van der Waals surface area (Å²) >= 11 is 5.93. The zero-order chi connectivity index (χ0) is 12.8. The van der Waals surface area contributed by atoms with Crippen molar-refractivity contribution in [2.24, 2.45) is 5.73 Å². The number of benzene rings is 1. The molecule has 2 unspecified atom stereocenters. The van der Waals surface area contributed by atoms with Crippen LogP contribution in [-0.4, -0.2) is 31.9 Å². The summed E-state index contributed by atoms with van der Waals surface area (Å²) in [7, 11) is 3.36. The second-order valence-corrected chi connectivity index (χ2v) is 4.24. The lowest BCUT2D eigenvalue weighted by Crippen LogP contribution is -2.34. The highest BCUT2D eigenvalue weighted by molar-refractivity contribution is 6.30. The van der Waals surface area contributed by atoms with Crippen LogP contribution in [0.2, 0.25) is 5.02 Å². The highest BCUT2D eigenvalue weighted by Crippen LogP contribution is 2.30. The normalized spacial score (nSPS) is 14.4. The van der Waals surface area contributed by atoms with Crippen LogP contribution in [0.3, 0.4) is 0 Å². The lowest BCUT2D eigenvalue weighted by atomic mass is 9.99. The molecule has 0 aromatic heterocycles. The summed E-state index contributed by atoms with van der Waals surface area (Å²) in [6.45, 7) is 0.505. The first-order chi connectivity index (χ1) is 8.13. The minimum Gasteiger partial charge on any atom is -0.496 e. The van der Waals surface area contributed by atoms with Crippen LogP contribution >= 0.6 is 11.6 Å². The highest BCUT2D eigenvalue weighted by Gasteiger charge is 2.22. The van der Waals surface area contributed by atoms with E-state index >= 15 is 0 Å². The van der Waals surface area contributed by atoms with Gasteiger partial charge in [0.15, 0.2) is 0 Å². The Hall–Kier alpha value is -0.810. The van der Waals surface area contributed by atoms with E-state index in [0.29, 0.717) is 29.3 Å². The van der Waals surface area contributed by atoms with E-state index in [-0.39, 0.29) is 6.04 Å². The van der Waals surface area contributed by atoms with E-state index in [1.54, 1.807) is 32.4 Å². The Morgan fingerprint density at radius 2 is 2.24 bits per heavy atom. The summed E-state index contributed by atoms with van der Waals surface area (Å²) < 4.78 is 5.22. The van der Waals surface area contributed by atoms with Crippen LogP contribution in [0.1, 0.15) is 18.1 Å². The van der Waals surface area contributed by atoms with Crippen molar-refractivity contribution in [3.05, 3.63) is 28.8 Å². The van der Waals surface area contributed by atoms with Gasteiger partial charge in [-0.3, -0.25) is 0 Å². The van der Waals surface area contributed by atoms with Gasteiger partial charge in [-0.25, -0.2) is 0 Å². The lowest BCUT2D eigenvalue weighted by molar-refractivity contribution is 0.126. The van der Waals surface area contributed by atoms with Crippen LogP contribution in [0.25, 0.3) is 0 Å². The number of likely N-dealkylation sites (N-methyl/N-ethyl adjacent to an activating group) is 1. The zero-order valence-corrected chi connectivity index (χ0v) is 10.9. The molecule has 17 heavy (non-hydrogen) atoms. The molecule has 0 spiro atoms. The molecule has 4 N–H and O–H groups in total. The van der Waals surface area contributed by atoms with Gasteiger partial charge in [0.1, 0.15) is 5.75 Å². The molecule has 96 valence electrons. The van der Waals surface area contributed by atoms with E-state index in [1.165, 1.54) is 0 Å². The average Bonchev–Trinajstić information content (AvgIpc) is 2.35. The third-order valence-corrected chi connectivity index (χ3v) is 2.98. The molecule has 0 aliphatic carbocycles. The molecule has 0 saturated heterocycles.